The van der Waals surface area contributed by atoms with Crippen LogP contribution in [0.4, 0.5) is 0 Å². The number of piperazine rings is 1. The van der Waals surface area contributed by atoms with E-state index in [0.29, 0.717) is 39.0 Å². The Morgan fingerprint density at radius 1 is 1.00 bits per heavy atom. The maximum atomic E-state index is 12.6. The summed E-state index contributed by atoms with van der Waals surface area (Å²) in [5.74, 6) is -1.16. The highest BCUT2D eigenvalue weighted by molar-refractivity contribution is 6.35. The van der Waals surface area contributed by atoms with Crippen molar-refractivity contribution in [2.24, 2.45) is 5.41 Å². The second kappa shape index (κ2) is 6.19. The van der Waals surface area contributed by atoms with Crippen molar-refractivity contribution in [3.05, 3.63) is 0 Å². The molecule has 7 nitrogen and oxygen atoms in total. The van der Waals surface area contributed by atoms with Gasteiger partial charge in [-0.3, -0.25) is 14.4 Å². The molecule has 2 aliphatic carbocycles. The summed E-state index contributed by atoms with van der Waals surface area (Å²) < 4.78 is 0. The zero-order valence-electron chi connectivity index (χ0n) is 13.2. The van der Waals surface area contributed by atoms with Gasteiger partial charge in [0.2, 0.25) is 5.91 Å². The highest BCUT2D eigenvalue weighted by Crippen LogP contribution is 2.39. The summed E-state index contributed by atoms with van der Waals surface area (Å²) in [6, 6.07) is 2.38. The molecule has 2 saturated carbocycles. The number of hydrogen-bond acceptors (Lipinski definition) is 4. The van der Waals surface area contributed by atoms with Gasteiger partial charge in [0, 0.05) is 32.2 Å². The number of rotatable bonds is 2. The lowest BCUT2D eigenvalue weighted by molar-refractivity contribution is -0.149. The zero-order valence-corrected chi connectivity index (χ0v) is 13.2. The minimum atomic E-state index is -0.866. The van der Waals surface area contributed by atoms with E-state index in [1.54, 1.807) is 4.90 Å². The van der Waals surface area contributed by atoms with E-state index in [2.05, 4.69) is 11.4 Å². The molecule has 0 aromatic rings. The molecular weight excluding hydrogens is 296 g/mol. The van der Waals surface area contributed by atoms with Crippen molar-refractivity contribution < 1.29 is 14.4 Å². The average Bonchev–Trinajstić information content (AvgIpc) is 3.26. The average molecular weight is 318 g/mol. The maximum Gasteiger partial charge on any atom is 0.312 e. The summed E-state index contributed by atoms with van der Waals surface area (Å²) in [4.78, 5) is 39.7. The molecule has 23 heavy (non-hydrogen) atoms. The van der Waals surface area contributed by atoms with Crippen LogP contribution in [0.1, 0.15) is 38.5 Å². The molecule has 1 heterocycles. The van der Waals surface area contributed by atoms with Gasteiger partial charge in [-0.25, -0.2) is 0 Å². The minimum Gasteiger partial charge on any atom is -0.345 e. The van der Waals surface area contributed by atoms with Gasteiger partial charge in [-0.05, 0) is 25.7 Å². The summed E-state index contributed by atoms with van der Waals surface area (Å²) in [6.45, 7) is 1.49. The van der Waals surface area contributed by atoms with E-state index in [1.807, 2.05) is 0 Å². The Labute approximate surface area is 135 Å². The van der Waals surface area contributed by atoms with Crippen molar-refractivity contribution in [3.63, 3.8) is 0 Å². The van der Waals surface area contributed by atoms with Crippen LogP contribution < -0.4 is 5.32 Å². The lowest BCUT2D eigenvalue weighted by Crippen LogP contribution is -2.56. The standard InChI is InChI=1S/C16H22N4O3/c17-11-16(5-1-2-6-16)15(23)20-9-7-19(8-10-20)14(22)13(21)18-12-3-4-12/h12H,1-10H2,(H,18,21). The third kappa shape index (κ3) is 3.16. The Hall–Kier alpha value is -2.10. The maximum absolute atomic E-state index is 12.6. The first kappa shape index (κ1) is 15.8. The monoisotopic (exact) mass is 318 g/mol. The zero-order chi connectivity index (χ0) is 16.4. The molecule has 7 heteroatoms. The van der Waals surface area contributed by atoms with Crippen LogP contribution in [0.25, 0.3) is 0 Å². The van der Waals surface area contributed by atoms with Crippen LogP contribution in [-0.2, 0) is 14.4 Å². The van der Waals surface area contributed by atoms with Crippen molar-refractivity contribution in [1.82, 2.24) is 15.1 Å². The molecule has 0 aromatic carbocycles. The van der Waals surface area contributed by atoms with Crippen LogP contribution in [0.5, 0.6) is 0 Å². The van der Waals surface area contributed by atoms with Crippen LogP contribution in [-0.4, -0.2) is 59.7 Å². The van der Waals surface area contributed by atoms with Gasteiger partial charge < -0.3 is 15.1 Å². The number of nitrogens with zero attached hydrogens (tertiary/aromatic N) is 3. The highest BCUT2D eigenvalue weighted by Gasteiger charge is 2.44. The Balaban J connectivity index is 1.53. The molecule has 3 amide bonds. The van der Waals surface area contributed by atoms with Crippen molar-refractivity contribution >= 4 is 17.7 Å². The molecule has 124 valence electrons. The van der Waals surface area contributed by atoms with Crippen LogP contribution in [0.15, 0.2) is 0 Å². The minimum absolute atomic E-state index is 0.105. The van der Waals surface area contributed by atoms with Crippen LogP contribution in [0.2, 0.25) is 0 Å². The van der Waals surface area contributed by atoms with Crippen LogP contribution >= 0.6 is 0 Å². The van der Waals surface area contributed by atoms with E-state index in [1.165, 1.54) is 4.90 Å². The van der Waals surface area contributed by atoms with Crippen molar-refractivity contribution in [1.29, 1.82) is 5.26 Å². The second-order valence-electron chi connectivity index (χ2n) is 6.73. The fourth-order valence-electron chi connectivity index (χ4n) is 3.39. The third-order valence-corrected chi connectivity index (χ3v) is 5.04. The number of carbonyl (C=O) groups is 3. The van der Waals surface area contributed by atoms with Gasteiger partial charge >= 0.3 is 11.8 Å². The number of nitriles is 1. The van der Waals surface area contributed by atoms with E-state index in [9.17, 15) is 19.6 Å². The van der Waals surface area contributed by atoms with Gasteiger partial charge in [0.05, 0.1) is 6.07 Å². The molecule has 0 radical (unpaired) electrons. The number of nitrogens with one attached hydrogen (secondary N) is 1. The number of amides is 3. The smallest absolute Gasteiger partial charge is 0.312 e. The van der Waals surface area contributed by atoms with Gasteiger partial charge in [-0.1, -0.05) is 12.8 Å². The predicted molar refractivity (Wildman–Crippen MR) is 80.8 cm³/mol. The van der Waals surface area contributed by atoms with Crippen LogP contribution in [0.3, 0.4) is 0 Å². The summed E-state index contributed by atoms with van der Waals surface area (Å²) in [7, 11) is 0. The first-order valence-electron chi connectivity index (χ1n) is 8.36. The normalized spacial score (nSPS) is 23.3. The quantitative estimate of drug-likeness (QED) is 0.726. The number of hydrogen-bond donors (Lipinski definition) is 1. The fraction of sp³-hybridized carbons (Fsp3) is 0.750. The van der Waals surface area contributed by atoms with Gasteiger partial charge in [0.15, 0.2) is 0 Å². The van der Waals surface area contributed by atoms with Gasteiger partial charge in [0.1, 0.15) is 5.41 Å². The molecule has 0 bridgehead atoms. The molecule has 0 spiro atoms. The molecule has 0 atom stereocenters. The molecule has 3 rings (SSSR count). The van der Waals surface area contributed by atoms with Gasteiger partial charge in [-0.15, -0.1) is 0 Å². The third-order valence-electron chi connectivity index (χ3n) is 5.04. The largest absolute Gasteiger partial charge is 0.345 e. The fourth-order valence-corrected chi connectivity index (χ4v) is 3.39. The Bertz CT molecular complexity index is 550. The SMILES string of the molecule is N#CC1(C(=O)N2CCN(C(=O)C(=O)NC3CC3)CC2)CCCC1. The predicted octanol–water partition coefficient (Wildman–Crippen LogP) is 0.0198. The highest BCUT2D eigenvalue weighted by atomic mass is 16.2. The summed E-state index contributed by atoms with van der Waals surface area (Å²) >= 11 is 0. The molecule has 0 aromatic heterocycles. The molecule has 1 saturated heterocycles. The van der Waals surface area contributed by atoms with Gasteiger partial charge in [0.25, 0.3) is 0 Å². The Morgan fingerprint density at radius 2 is 1.57 bits per heavy atom. The van der Waals surface area contributed by atoms with E-state index in [-0.39, 0.29) is 11.9 Å². The Morgan fingerprint density at radius 3 is 2.09 bits per heavy atom. The first-order chi connectivity index (χ1) is 11.1. The lowest BCUT2D eigenvalue weighted by Gasteiger charge is -2.37. The molecule has 3 fully saturated rings. The summed E-state index contributed by atoms with van der Waals surface area (Å²) in [5, 5.41) is 12.1. The molecule has 1 N–H and O–H groups in total. The van der Waals surface area contributed by atoms with Crippen molar-refractivity contribution in [2.75, 3.05) is 26.2 Å². The molecular formula is C16H22N4O3. The molecule has 0 unspecified atom stereocenters. The van der Waals surface area contributed by atoms with Crippen LogP contribution in [0, 0.1) is 16.7 Å². The molecule has 1 aliphatic heterocycles. The van der Waals surface area contributed by atoms with E-state index < -0.39 is 17.2 Å². The summed E-state index contributed by atoms with van der Waals surface area (Å²) in [5.41, 5.74) is -0.866. The number of carbonyl (C=O) groups excluding carboxylic acids is 3. The van der Waals surface area contributed by atoms with Crippen molar-refractivity contribution in [3.8, 4) is 6.07 Å². The second-order valence-corrected chi connectivity index (χ2v) is 6.73. The first-order valence-corrected chi connectivity index (χ1v) is 8.36. The molecule has 3 aliphatic rings. The van der Waals surface area contributed by atoms with Gasteiger partial charge in [-0.2, -0.15) is 5.26 Å². The van der Waals surface area contributed by atoms with E-state index in [4.69, 9.17) is 0 Å². The summed E-state index contributed by atoms with van der Waals surface area (Å²) in [6.07, 6.45) is 4.98. The van der Waals surface area contributed by atoms with E-state index >= 15 is 0 Å². The van der Waals surface area contributed by atoms with E-state index in [0.717, 1.165) is 25.7 Å². The lowest BCUT2D eigenvalue weighted by atomic mass is 9.86. The van der Waals surface area contributed by atoms with Crippen molar-refractivity contribution in [2.45, 2.75) is 44.6 Å². The topological polar surface area (TPSA) is 93.5 Å². The Kier molecular flexibility index (Phi) is 4.24.